The number of halogens is 1. The largest absolute Gasteiger partial charge is 0.463 e. The third-order valence-electron chi connectivity index (χ3n) is 6.79. The van der Waals surface area contributed by atoms with Crippen LogP contribution in [0, 0.1) is 0 Å². The molecule has 0 unspecified atom stereocenters. The maximum absolute atomic E-state index is 11.7. The molecule has 0 N–H and O–H groups in total. The van der Waals surface area contributed by atoms with Crippen molar-refractivity contribution in [1.29, 1.82) is 0 Å². The van der Waals surface area contributed by atoms with Crippen LogP contribution >= 0.6 is 22.6 Å². The SMILES string of the molecule is CCCCCCCCCC(=O)OCCOCCOCCOCCOCCOCCOCCOCCOCCOCCOCCOCCOCCI. The van der Waals surface area contributed by atoms with Crippen molar-refractivity contribution in [3.63, 3.8) is 0 Å². The van der Waals surface area contributed by atoms with Gasteiger partial charge in [-0.25, -0.2) is 0 Å². The fourth-order valence-corrected chi connectivity index (χ4v) is 4.40. The van der Waals surface area contributed by atoms with Crippen molar-refractivity contribution in [2.45, 2.75) is 58.3 Å². The Morgan fingerprint density at radius 3 is 0.843 bits per heavy atom. The van der Waals surface area contributed by atoms with Gasteiger partial charge in [-0.2, -0.15) is 0 Å². The number of carbonyl (C=O) groups excluding carboxylic acids is 1. The van der Waals surface area contributed by atoms with E-state index in [0.717, 1.165) is 23.9 Å². The van der Waals surface area contributed by atoms with E-state index in [1.165, 1.54) is 32.1 Å². The van der Waals surface area contributed by atoms with E-state index in [1.807, 2.05) is 0 Å². The molecule has 0 aromatic rings. The third kappa shape index (κ3) is 47.7. The van der Waals surface area contributed by atoms with E-state index in [0.29, 0.717) is 158 Å². The maximum Gasteiger partial charge on any atom is 0.305 e. The lowest BCUT2D eigenvalue weighted by Gasteiger charge is -2.09. The summed E-state index contributed by atoms with van der Waals surface area (Å²) in [7, 11) is 0. The van der Waals surface area contributed by atoms with Crippen molar-refractivity contribution < 1.29 is 66.4 Å². The van der Waals surface area contributed by atoms with E-state index >= 15 is 0 Å². The zero-order valence-electron chi connectivity index (χ0n) is 31.6. The number of rotatable bonds is 46. The lowest BCUT2D eigenvalue weighted by Crippen LogP contribution is -2.15. The van der Waals surface area contributed by atoms with Gasteiger partial charge >= 0.3 is 5.97 Å². The van der Waals surface area contributed by atoms with Crippen LogP contribution in [0.4, 0.5) is 0 Å². The van der Waals surface area contributed by atoms with Gasteiger partial charge in [0.25, 0.3) is 0 Å². The summed E-state index contributed by atoms with van der Waals surface area (Å²) in [5, 5.41) is 0. The van der Waals surface area contributed by atoms with Crippen molar-refractivity contribution in [3.05, 3.63) is 0 Å². The van der Waals surface area contributed by atoms with Crippen LogP contribution < -0.4 is 0 Å². The molecule has 0 atom stereocenters. The van der Waals surface area contributed by atoms with Gasteiger partial charge in [0, 0.05) is 10.8 Å². The molecule has 0 heterocycles. The van der Waals surface area contributed by atoms with Crippen LogP contribution in [0.1, 0.15) is 58.3 Å². The van der Waals surface area contributed by atoms with Gasteiger partial charge in [-0.05, 0) is 6.42 Å². The number of carbonyl (C=O) groups is 1. The van der Waals surface area contributed by atoms with Gasteiger partial charge in [-0.3, -0.25) is 4.79 Å². The van der Waals surface area contributed by atoms with Crippen LogP contribution in [-0.2, 0) is 66.4 Å². The first-order valence-electron chi connectivity index (χ1n) is 19.0. The first kappa shape index (κ1) is 50.7. The number of esters is 1. The normalized spacial score (nSPS) is 11.5. The first-order chi connectivity index (χ1) is 25.3. The number of ether oxygens (including phenoxy) is 13. The van der Waals surface area contributed by atoms with Gasteiger partial charge in [0.15, 0.2) is 0 Å². The Bertz CT molecular complexity index is 653. The van der Waals surface area contributed by atoms with Crippen molar-refractivity contribution in [1.82, 2.24) is 0 Å². The molecule has 0 aromatic carbocycles. The minimum absolute atomic E-state index is 0.141. The van der Waals surface area contributed by atoms with E-state index < -0.39 is 0 Å². The average molecular weight is 855 g/mol. The lowest BCUT2D eigenvalue weighted by molar-refractivity contribution is -0.145. The number of alkyl halides is 1. The Morgan fingerprint density at radius 2 is 0.569 bits per heavy atom. The standard InChI is InChI=1S/C36H71IO14/c1-2-3-4-5-6-7-8-9-36(38)51-35-34-50-33-32-49-31-30-48-29-28-47-27-26-46-25-24-45-23-22-44-21-20-43-19-18-42-17-16-41-15-14-40-13-12-39-11-10-37/h2-35H2,1H3. The summed E-state index contributed by atoms with van der Waals surface area (Å²) < 4.78 is 71.7. The highest BCUT2D eigenvalue weighted by Crippen LogP contribution is 2.08. The Labute approximate surface area is 321 Å². The molecular formula is C36H71IO14. The molecule has 0 fully saturated rings. The van der Waals surface area contributed by atoms with Gasteiger partial charge in [0.05, 0.1) is 159 Å². The minimum Gasteiger partial charge on any atom is -0.463 e. The van der Waals surface area contributed by atoms with Crippen molar-refractivity contribution in [2.24, 2.45) is 0 Å². The number of unbranched alkanes of at least 4 members (excludes halogenated alkanes) is 6. The highest BCUT2D eigenvalue weighted by molar-refractivity contribution is 14.1. The highest BCUT2D eigenvalue weighted by Gasteiger charge is 2.03. The molecule has 0 aliphatic rings. The van der Waals surface area contributed by atoms with E-state index in [4.69, 9.17) is 61.6 Å². The van der Waals surface area contributed by atoms with Crippen LogP contribution in [0.25, 0.3) is 0 Å². The molecule has 0 rings (SSSR count). The molecule has 14 nitrogen and oxygen atoms in total. The summed E-state index contributed by atoms with van der Waals surface area (Å²) in [6.45, 7) is 15.0. The minimum atomic E-state index is -0.141. The Kier molecular flexibility index (Phi) is 47.5. The van der Waals surface area contributed by atoms with Crippen molar-refractivity contribution in [2.75, 3.05) is 170 Å². The molecule has 306 valence electrons. The molecule has 0 aliphatic carbocycles. The quantitative estimate of drug-likeness (QED) is 0.0373. The van der Waals surface area contributed by atoms with Gasteiger partial charge in [0.1, 0.15) is 6.61 Å². The molecule has 0 aliphatic heterocycles. The van der Waals surface area contributed by atoms with Crippen molar-refractivity contribution >= 4 is 28.6 Å². The predicted molar refractivity (Wildman–Crippen MR) is 202 cm³/mol. The number of hydrogen-bond donors (Lipinski definition) is 0. The van der Waals surface area contributed by atoms with Crippen LogP contribution in [0.3, 0.4) is 0 Å². The summed E-state index contributed by atoms with van der Waals surface area (Å²) in [5.41, 5.74) is 0. The molecule has 15 heteroatoms. The Hall–Kier alpha value is -0.280. The van der Waals surface area contributed by atoms with Gasteiger partial charge in [-0.15, -0.1) is 0 Å². The van der Waals surface area contributed by atoms with Crippen molar-refractivity contribution in [3.8, 4) is 0 Å². The monoisotopic (exact) mass is 854 g/mol. The smallest absolute Gasteiger partial charge is 0.305 e. The van der Waals surface area contributed by atoms with Crippen LogP contribution in [-0.4, -0.2) is 176 Å². The van der Waals surface area contributed by atoms with Crippen LogP contribution in [0.5, 0.6) is 0 Å². The molecule has 0 spiro atoms. The summed E-state index contributed by atoms with van der Waals surface area (Å²) >= 11 is 2.28. The van der Waals surface area contributed by atoms with E-state index in [1.54, 1.807) is 0 Å². The summed E-state index contributed by atoms with van der Waals surface area (Å²) in [6, 6.07) is 0. The molecular weight excluding hydrogens is 783 g/mol. The van der Waals surface area contributed by atoms with Crippen LogP contribution in [0.15, 0.2) is 0 Å². The van der Waals surface area contributed by atoms with Gasteiger partial charge in [-0.1, -0.05) is 68.0 Å². The second-order valence-electron chi connectivity index (χ2n) is 11.1. The topological polar surface area (TPSA) is 137 Å². The third-order valence-corrected chi connectivity index (χ3v) is 7.23. The summed E-state index contributed by atoms with van der Waals surface area (Å²) in [5.74, 6) is -0.141. The molecule has 0 aromatic heterocycles. The van der Waals surface area contributed by atoms with E-state index in [2.05, 4.69) is 29.5 Å². The van der Waals surface area contributed by atoms with E-state index in [-0.39, 0.29) is 12.6 Å². The maximum atomic E-state index is 11.7. The average Bonchev–Trinajstić information content (AvgIpc) is 3.14. The predicted octanol–water partition coefficient (Wildman–Crippen LogP) is 4.30. The Balaban J connectivity index is 3.09. The van der Waals surface area contributed by atoms with E-state index in [9.17, 15) is 4.79 Å². The molecule has 0 bridgehead atoms. The lowest BCUT2D eigenvalue weighted by atomic mass is 10.1. The zero-order chi connectivity index (χ0) is 36.8. The number of hydrogen-bond acceptors (Lipinski definition) is 14. The first-order valence-corrected chi connectivity index (χ1v) is 20.5. The molecule has 0 radical (unpaired) electrons. The molecule has 51 heavy (non-hydrogen) atoms. The Morgan fingerprint density at radius 1 is 0.333 bits per heavy atom. The second kappa shape index (κ2) is 47.7. The molecule has 0 saturated carbocycles. The van der Waals surface area contributed by atoms with Gasteiger partial charge in [0.2, 0.25) is 0 Å². The van der Waals surface area contributed by atoms with Gasteiger partial charge < -0.3 is 61.6 Å². The van der Waals surface area contributed by atoms with Crippen LogP contribution in [0.2, 0.25) is 0 Å². The zero-order valence-corrected chi connectivity index (χ0v) is 33.8. The second-order valence-corrected chi connectivity index (χ2v) is 12.2. The summed E-state index contributed by atoms with van der Waals surface area (Å²) in [6.07, 6.45) is 8.79. The molecule has 0 amide bonds. The highest BCUT2D eigenvalue weighted by atomic mass is 127. The molecule has 0 saturated heterocycles. The fraction of sp³-hybridized carbons (Fsp3) is 0.972. The fourth-order valence-electron chi connectivity index (χ4n) is 4.09. The summed E-state index contributed by atoms with van der Waals surface area (Å²) in [4.78, 5) is 11.7.